The first-order valence-electron chi connectivity index (χ1n) is 6.26. The summed E-state index contributed by atoms with van der Waals surface area (Å²) in [6.07, 6.45) is 5.94. The van der Waals surface area contributed by atoms with E-state index in [4.69, 9.17) is 11.6 Å². The van der Waals surface area contributed by atoms with E-state index >= 15 is 0 Å². The summed E-state index contributed by atoms with van der Waals surface area (Å²) >= 11 is 7.71. The van der Waals surface area contributed by atoms with Crippen molar-refractivity contribution in [3.05, 3.63) is 59.5 Å². The SMILES string of the molecule is CSc1ccccc1NCc1cn2cc(Cl)ccc2n1. The van der Waals surface area contributed by atoms with Crippen molar-refractivity contribution in [3.63, 3.8) is 0 Å². The maximum Gasteiger partial charge on any atom is 0.137 e. The van der Waals surface area contributed by atoms with Crippen LogP contribution in [-0.2, 0) is 6.54 Å². The van der Waals surface area contributed by atoms with Crippen LogP contribution in [-0.4, -0.2) is 15.6 Å². The number of halogens is 1. The largest absolute Gasteiger partial charge is 0.378 e. The molecule has 3 nitrogen and oxygen atoms in total. The molecule has 20 heavy (non-hydrogen) atoms. The molecule has 0 radical (unpaired) electrons. The summed E-state index contributed by atoms with van der Waals surface area (Å²) in [6, 6.07) is 12.0. The number of rotatable bonds is 4. The van der Waals surface area contributed by atoms with Crippen LogP contribution in [0.3, 0.4) is 0 Å². The van der Waals surface area contributed by atoms with Gasteiger partial charge in [-0.15, -0.1) is 11.8 Å². The third-order valence-electron chi connectivity index (χ3n) is 3.03. The van der Waals surface area contributed by atoms with Crippen molar-refractivity contribution >= 4 is 34.7 Å². The highest BCUT2D eigenvalue weighted by molar-refractivity contribution is 7.98. The Balaban J connectivity index is 1.79. The van der Waals surface area contributed by atoms with Crippen LogP contribution in [0.2, 0.25) is 5.02 Å². The number of hydrogen-bond acceptors (Lipinski definition) is 3. The van der Waals surface area contributed by atoms with E-state index in [1.165, 1.54) is 4.90 Å². The van der Waals surface area contributed by atoms with E-state index < -0.39 is 0 Å². The Labute approximate surface area is 127 Å². The Morgan fingerprint density at radius 2 is 2.05 bits per heavy atom. The fraction of sp³-hybridized carbons (Fsp3) is 0.133. The summed E-state index contributed by atoms with van der Waals surface area (Å²) in [5.41, 5.74) is 3.03. The van der Waals surface area contributed by atoms with E-state index in [9.17, 15) is 0 Å². The van der Waals surface area contributed by atoms with Gasteiger partial charge in [-0.1, -0.05) is 23.7 Å². The molecule has 2 aromatic heterocycles. The number of nitrogens with zero attached hydrogens (tertiary/aromatic N) is 2. The first-order chi connectivity index (χ1) is 9.76. The van der Waals surface area contributed by atoms with Crippen LogP contribution in [0.5, 0.6) is 0 Å². The van der Waals surface area contributed by atoms with Gasteiger partial charge in [0, 0.05) is 23.0 Å². The van der Waals surface area contributed by atoms with Gasteiger partial charge in [0.2, 0.25) is 0 Å². The number of fused-ring (bicyclic) bond motifs is 1. The van der Waals surface area contributed by atoms with Crippen LogP contribution in [0.1, 0.15) is 5.69 Å². The lowest BCUT2D eigenvalue weighted by Crippen LogP contribution is -2.00. The van der Waals surface area contributed by atoms with Gasteiger partial charge < -0.3 is 9.72 Å². The summed E-state index contributed by atoms with van der Waals surface area (Å²) in [7, 11) is 0. The number of pyridine rings is 1. The molecule has 1 N–H and O–H groups in total. The van der Waals surface area contributed by atoms with Gasteiger partial charge in [-0.3, -0.25) is 0 Å². The van der Waals surface area contributed by atoms with E-state index in [0.29, 0.717) is 11.6 Å². The lowest BCUT2D eigenvalue weighted by Gasteiger charge is -2.08. The molecule has 0 spiro atoms. The zero-order valence-corrected chi connectivity index (χ0v) is 12.6. The fourth-order valence-electron chi connectivity index (χ4n) is 2.08. The summed E-state index contributed by atoms with van der Waals surface area (Å²) in [4.78, 5) is 5.79. The molecule has 102 valence electrons. The Kier molecular flexibility index (Phi) is 3.85. The minimum atomic E-state index is 0.691. The quantitative estimate of drug-likeness (QED) is 0.728. The average molecular weight is 304 g/mol. The van der Waals surface area contributed by atoms with Gasteiger partial charge in [-0.05, 0) is 30.5 Å². The van der Waals surface area contributed by atoms with Gasteiger partial charge in [0.05, 0.1) is 17.3 Å². The van der Waals surface area contributed by atoms with Crippen molar-refractivity contribution < 1.29 is 0 Å². The fourth-order valence-corrected chi connectivity index (χ4v) is 2.82. The molecule has 0 aliphatic rings. The summed E-state index contributed by atoms with van der Waals surface area (Å²) in [5.74, 6) is 0. The minimum absolute atomic E-state index is 0.691. The van der Waals surface area contributed by atoms with Crippen molar-refractivity contribution in [2.75, 3.05) is 11.6 Å². The average Bonchev–Trinajstić information content (AvgIpc) is 2.87. The minimum Gasteiger partial charge on any atom is -0.378 e. The Morgan fingerprint density at radius 1 is 1.20 bits per heavy atom. The highest BCUT2D eigenvalue weighted by Gasteiger charge is 2.04. The zero-order valence-electron chi connectivity index (χ0n) is 11.0. The maximum atomic E-state index is 5.97. The topological polar surface area (TPSA) is 29.3 Å². The molecule has 3 aromatic rings. The van der Waals surface area contributed by atoms with Crippen LogP contribution in [0, 0.1) is 0 Å². The van der Waals surface area contributed by atoms with Crippen LogP contribution in [0.25, 0.3) is 5.65 Å². The number of aromatic nitrogens is 2. The van der Waals surface area contributed by atoms with Gasteiger partial charge in [0.25, 0.3) is 0 Å². The smallest absolute Gasteiger partial charge is 0.137 e. The van der Waals surface area contributed by atoms with Crippen molar-refractivity contribution in [3.8, 4) is 0 Å². The second kappa shape index (κ2) is 5.77. The lowest BCUT2D eigenvalue weighted by atomic mass is 10.3. The zero-order chi connectivity index (χ0) is 13.9. The van der Waals surface area contributed by atoms with Crippen molar-refractivity contribution in [1.82, 2.24) is 9.38 Å². The predicted octanol–water partition coefficient (Wildman–Crippen LogP) is 4.32. The molecular formula is C15H14ClN3S. The second-order valence-electron chi connectivity index (χ2n) is 4.40. The summed E-state index contributed by atoms with van der Waals surface area (Å²) in [6.45, 7) is 0.691. The molecule has 0 fully saturated rings. The first kappa shape index (κ1) is 13.3. The number of thioether (sulfide) groups is 1. The molecule has 0 amide bonds. The summed E-state index contributed by atoms with van der Waals surface area (Å²) < 4.78 is 1.94. The van der Waals surface area contributed by atoms with Crippen LogP contribution >= 0.6 is 23.4 Å². The summed E-state index contributed by atoms with van der Waals surface area (Å²) in [5, 5.41) is 4.14. The van der Waals surface area contributed by atoms with E-state index in [1.807, 2.05) is 41.1 Å². The number of para-hydroxylation sites is 1. The monoisotopic (exact) mass is 303 g/mol. The highest BCUT2D eigenvalue weighted by atomic mass is 35.5. The number of imidazole rings is 1. The van der Waals surface area contributed by atoms with Crippen molar-refractivity contribution in [2.45, 2.75) is 11.4 Å². The third kappa shape index (κ3) is 2.76. The van der Waals surface area contributed by atoms with E-state index in [2.05, 4.69) is 28.7 Å². The van der Waals surface area contributed by atoms with Gasteiger partial charge in [-0.25, -0.2) is 4.98 Å². The Morgan fingerprint density at radius 3 is 2.90 bits per heavy atom. The number of anilines is 1. The molecule has 5 heteroatoms. The third-order valence-corrected chi connectivity index (χ3v) is 4.05. The van der Waals surface area contributed by atoms with Crippen molar-refractivity contribution in [1.29, 1.82) is 0 Å². The molecule has 1 aromatic carbocycles. The number of hydrogen-bond donors (Lipinski definition) is 1. The van der Waals surface area contributed by atoms with E-state index in [1.54, 1.807) is 11.8 Å². The molecule has 0 atom stereocenters. The first-order valence-corrected chi connectivity index (χ1v) is 7.86. The molecule has 0 unspecified atom stereocenters. The lowest BCUT2D eigenvalue weighted by molar-refractivity contribution is 1.07. The number of nitrogens with one attached hydrogen (secondary N) is 1. The molecule has 0 saturated carbocycles. The molecule has 0 saturated heterocycles. The molecule has 0 aliphatic carbocycles. The van der Waals surface area contributed by atoms with Gasteiger partial charge in [-0.2, -0.15) is 0 Å². The highest BCUT2D eigenvalue weighted by Crippen LogP contribution is 2.25. The standard InChI is InChI=1S/C15H14ClN3S/c1-20-14-5-3-2-4-13(14)17-8-12-10-19-9-11(16)6-7-15(19)18-12/h2-7,9-10,17H,8H2,1H3. The van der Waals surface area contributed by atoms with E-state index in [-0.39, 0.29) is 0 Å². The van der Waals surface area contributed by atoms with Crippen LogP contribution in [0.15, 0.2) is 53.7 Å². The van der Waals surface area contributed by atoms with Crippen LogP contribution in [0.4, 0.5) is 5.69 Å². The Hall–Kier alpha value is -1.65. The van der Waals surface area contributed by atoms with Gasteiger partial charge in [0.15, 0.2) is 0 Å². The molecule has 3 rings (SSSR count). The second-order valence-corrected chi connectivity index (χ2v) is 5.68. The van der Waals surface area contributed by atoms with Crippen LogP contribution < -0.4 is 5.32 Å². The Bertz CT molecular complexity index is 739. The molecule has 2 heterocycles. The van der Waals surface area contributed by atoms with Crippen molar-refractivity contribution in [2.24, 2.45) is 0 Å². The maximum absolute atomic E-state index is 5.97. The van der Waals surface area contributed by atoms with Gasteiger partial charge in [0.1, 0.15) is 5.65 Å². The predicted molar refractivity (Wildman–Crippen MR) is 85.8 cm³/mol. The van der Waals surface area contributed by atoms with E-state index in [0.717, 1.165) is 17.0 Å². The normalized spacial score (nSPS) is 10.9. The number of benzene rings is 1. The molecular weight excluding hydrogens is 290 g/mol. The molecule has 0 bridgehead atoms. The van der Waals surface area contributed by atoms with Gasteiger partial charge >= 0.3 is 0 Å². The molecule has 0 aliphatic heterocycles.